The zero-order valence-corrected chi connectivity index (χ0v) is 23.3. The van der Waals surface area contributed by atoms with Gasteiger partial charge in [0.15, 0.2) is 18.1 Å². The minimum absolute atomic E-state index is 0.216. The molecule has 1 saturated heterocycles. The molecule has 1 aliphatic heterocycles. The first-order valence-corrected chi connectivity index (χ1v) is 13.3. The van der Waals surface area contributed by atoms with Crippen molar-refractivity contribution in [2.45, 2.75) is 18.1 Å². The summed E-state index contributed by atoms with van der Waals surface area (Å²) in [4.78, 5) is 77.6. The number of carbonyl (C=O) groups excluding carboxylic acids is 6. The molecule has 0 radical (unpaired) electrons. The summed E-state index contributed by atoms with van der Waals surface area (Å²) in [7, 11) is 0. The number of hydrogen-bond acceptors (Lipinski definition) is 12. The van der Waals surface area contributed by atoms with E-state index in [1.54, 1.807) is 0 Å². The molecule has 45 heavy (non-hydrogen) atoms. The summed E-state index contributed by atoms with van der Waals surface area (Å²) in [6.07, 6.45) is 0. The van der Waals surface area contributed by atoms with Crippen molar-refractivity contribution in [2.75, 3.05) is 19.8 Å². The topological polar surface area (TPSA) is 227 Å². The summed E-state index contributed by atoms with van der Waals surface area (Å²) in [6, 6.07) is 11.2. The van der Waals surface area contributed by atoms with Crippen molar-refractivity contribution in [3.63, 3.8) is 0 Å². The molecule has 0 aliphatic carbocycles. The Morgan fingerprint density at radius 2 is 0.733 bits per heavy atom. The number of benzene rings is 3. The van der Waals surface area contributed by atoms with Crippen LogP contribution in [0.5, 0.6) is 17.2 Å². The predicted octanol–water partition coefficient (Wildman–Crippen LogP) is 0.142. The van der Waals surface area contributed by atoms with Crippen molar-refractivity contribution in [3.05, 3.63) is 89.5 Å². The lowest BCUT2D eigenvalue weighted by Crippen LogP contribution is -2.52. The molecule has 1 aliphatic rings. The van der Waals surface area contributed by atoms with Gasteiger partial charge in [-0.3, -0.25) is 14.4 Å². The number of aromatic hydroxyl groups is 3. The predicted molar refractivity (Wildman–Crippen MR) is 151 cm³/mol. The molecule has 3 atom stereocenters. The molecule has 0 aromatic heterocycles. The fourth-order valence-electron chi connectivity index (χ4n) is 4.01. The Kier molecular flexibility index (Phi) is 10.2. The summed E-state index contributed by atoms with van der Waals surface area (Å²) in [5, 5.41) is 36.9. The van der Waals surface area contributed by atoms with Crippen LogP contribution in [0.4, 0.5) is 0 Å². The highest BCUT2D eigenvalue weighted by molar-refractivity contribution is 6.01. The molecule has 1 heterocycles. The van der Waals surface area contributed by atoms with E-state index in [1.165, 1.54) is 72.8 Å². The van der Waals surface area contributed by atoms with E-state index in [2.05, 4.69) is 16.0 Å². The third kappa shape index (κ3) is 8.04. The molecule has 0 spiro atoms. The number of carbonyl (C=O) groups is 6. The number of phenolic OH excluding ortho intramolecular Hbond substituents is 3. The van der Waals surface area contributed by atoms with E-state index >= 15 is 0 Å². The molecule has 0 unspecified atom stereocenters. The van der Waals surface area contributed by atoms with Gasteiger partial charge in [-0.1, -0.05) is 36.4 Å². The van der Waals surface area contributed by atoms with Crippen molar-refractivity contribution in [3.8, 4) is 17.2 Å². The Balaban J connectivity index is 1.60. The number of amides is 3. The van der Waals surface area contributed by atoms with Gasteiger partial charge in [0.2, 0.25) is 0 Å². The van der Waals surface area contributed by atoms with E-state index in [0.29, 0.717) is 0 Å². The van der Waals surface area contributed by atoms with E-state index in [1.807, 2.05) is 0 Å². The van der Waals surface area contributed by atoms with Crippen LogP contribution >= 0.6 is 0 Å². The first-order valence-electron chi connectivity index (χ1n) is 13.3. The van der Waals surface area contributed by atoms with Gasteiger partial charge >= 0.3 is 17.9 Å². The first kappa shape index (κ1) is 31.8. The van der Waals surface area contributed by atoms with Gasteiger partial charge in [0.25, 0.3) is 17.7 Å². The highest BCUT2D eigenvalue weighted by Gasteiger charge is 2.34. The number of rotatable bonds is 6. The molecule has 0 saturated carbocycles. The van der Waals surface area contributed by atoms with Gasteiger partial charge in [0.1, 0.15) is 37.1 Å². The van der Waals surface area contributed by atoms with Gasteiger partial charge in [-0.25, -0.2) is 14.4 Å². The minimum Gasteiger partial charge on any atom is -0.507 e. The fourth-order valence-corrected chi connectivity index (χ4v) is 4.01. The second kappa shape index (κ2) is 14.4. The lowest BCUT2D eigenvalue weighted by atomic mass is 10.1. The lowest BCUT2D eigenvalue weighted by molar-refractivity contribution is -0.160. The average Bonchev–Trinajstić information content (AvgIpc) is 3.02. The molecular formula is C30H27N3O12. The smallest absolute Gasteiger partial charge is 0.332 e. The number of hydrogen-bond donors (Lipinski definition) is 6. The van der Waals surface area contributed by atoms with Gasteiger partial charge in [0, 0.05) is 0 Å². The number of cyclic esters (lactones) is 3. The number of ether oxygens (including phenoxy) is 3. The van der Waals surface area contributed by atoms with Crippen LogP contribution in [0.25, 0.3) is 0 Å². The maximum atomic E-state index is 13.0. The highest BCUT2D eigenvalue weighted by Crippen LogP contribution is 2.18. The molecule has 15 nitrogen and oxygen atoms in total. The van der Waals surface area contributed by atoms with Gasteiger partial charge in [-0.05, 0) is 36.4 Å². The van der Waals surface area contributed by atoms with Crippen LogP contribution in [0.1, 0.15) is 31.1 Å². The van der Waals surface area contributed by atoms with Crippen LogP contribution in [0.3, 0.4) is 0 Å². The van der Waals surface area contributed by atoms with E-state index in [-0.39, 0.29) is 16.7 Å². The maximum absolute atomic E-state index is 13.0. The Hall–Kier alpha value is -6.12. The third-order valence-corrected chi connectivity index (χ3v) is 6.39. The second-order valence-corrected chi connectivity index (χ2v) is 9.52. The molecule has 4 rings (SSSR count). The van der Waals surface area contributed by atoms with Crippen LogP contribution in [0, 0.1) is 0 Å². The van der Waals surface area contributed by atoms with Gasteiger partial charge in [-0.2, -0.15) is 0 Å². The highest BCUT2D eigenvalue weighted by atomic mass is 16.6. The molecule has 6 N–H and O–H groups in total. The van der Waals surface area contributed by atoms with Crippen LogP contribution in [0.2, 0.25) is 0 Å². The standard InChI is InChI=1S/C30H27N3O12/c34-22-10-4-1-7-16(22)25(37)31-19-13-43-29(41)21(33-27(39)18-9-3-6-12-24(18)36)15-45-30(42)20(14-44-28(19)40)32-26(38)17-8-2-5-11-23(17)35/h1-12,19-21,34-36H,13-15H2,(H,31,37)(H,32,38)(H,33,39)/t19-,20-,21-/m0/s1. The SMILES string of the molecule is O=C(N[C@H]1COC(=O)[C@@H](NC(=O)c2ccccc2O)COC(=O)[C@@H](NC(=O)c2ccccc2O)COC1=O)c1ccccc1O. The third-order valence-electron chi connectivity index (χ3n) is 6.39. The zero-order chi connectivity index (χ0) is 32.5. The van der Waals surface area contributed by atoms with E-state index in [0.717, 1.165) is 0 Å². The second-order valence-electron chi connectivity index (χ2n) is 9.52. The van der Waals surface area contributed by atoms with Crippen molar-refractivity contribution in [1.82, 2.24) is 16.0 Å². The summed E-state index contributed by atoms with van der Waals surface area (Å²) in [6.45, 7) is -2.45. The normalized spacial score (nSPS) is 18.9. The van der Waals surface area contributed by atoms with Crippen molar-refractivity contribution >= 4 is 35.6 Å². The van der Waals surface area contributed by atoms with Crippen LogP contribution in [0.15, 0.2) is 72.8 Å². The number of esters is 3. The Morgan fingerprint density at radius 1 is 0.489 bits per heavy atom. The number of para-hydroxylation sites is 3. The quantitative estimate of drug-likeness (QED) is 0.160. The van der Waals surface area contributed by atoms with Crippen LogP contribution < -0.4 is 16.0 Å². The Bertz CT molecular complexity index is 1440. The minimum atomic E-state index is -1.68. The monoisotopic (exact) mass is 621 g/mol. The van der Waals surface area contributed by atoms with E-state index < -0.39 is 90.8 Å². The van der Waals surface area contributed by atoms with E-state index in [9.17, 15) is 44.1 Å². The molecule has 15 heteroatoms. The van der Waals surface area contributed by atoms with Crippen molar-refractivity contribution in [2.24, 2.45) is 0 Å². The Morgan fingerprint density at radius 3 is 0.978 bits per heavy atom. The summed E-state index contributed by atoms with van der Waals surface area (Å²) in [5.74, 6) is -7.63. The van der Waals surface area contributed by atoms with E-state index in [4.69, 9.17) is 14.2 Å². The lowest BCUT2D eigenvalue weighted by Gasteiger charge is -2.25. The van der Waals surface area contributed by atoms with Crippen LogP contribution in [-0.4, -0.2) is 88.9 Å². The van der Waals surface area contributed by atoms with Gasteiger partial charge < -0.3 is 45.5 Å². The fraction of sp³-hybridized carbons (Fsp3) is 0.200. The molecule has 0 bridgehead atoms. The number of phenols is 3. The van der Waals surface area contributed by atoms with Crippen molar-refractivity contribution < 1.29 is 58.3 Å². The molecule has 3 amide bonds. The van der Waals surface area contributed by atoms with Crippen LogP contribution in [-0.2, 0) is 28.6 Å². The maximum Gasteiger partial charge on any atom is 0.332 e. The van der Waals surface area contributed by atoms with Gasteiger partial charge in [0.05, 0.1) is 16.7 Å². The average molecular weight is 622 g/mol. The zero-order valence-electron chi connectivity index (χ0n) is 23.3. The van der Waals surface area contributed by atoms with Crippen molar-refractivity contribution in [1.29, 1.82) is 0 Å². The summed E-state index contributed by atoms with van der Waals surface area (Å²) >= 11 is 0. The first-order chi connectivity index (χ1) is 21.5. The Labute approximate surface area is 254 Å². The molecule has 1 fully saturated rings. The summed E-state index contributed by atoms with van der Waals surface area (Å²) < 4.78 is 15.5. The molecular weight excluding hydrogens is 594 g/mol. The largest absolute Gasteiger partial charge is 0.507 e. The summed E-state index contributed by atoms with van der Waals surface area (Å²) in [5.41, 5.74) is -0.647. The van der Waals surface area contributed by atoms with Gasteiger partial charge in [-0.15, -0.1) is 0 Å². The molecule has 3 aromatic rings. The molecule has 3 aromatic carbocycles. The molecule has 234 valence electrons. The number of nitrogens with one attached hydrogen (secondary N) is 3.